The van der Waals surface area contributed by atoms with Crippen molar-refractivity contribution in [2.45, 2.75) is 32.6 Å². The van der Waals surface area contributed by atoms with Crippen molar-refractivity contribution < 1.29 is 4.39 Å². The Kier molecular flexibility index (Phi) is 8.77. The first-order valence-electron chi connectivity index (χ1n) is 10.8. The summed E-state index contributed by atoms with van der Waals surface area (Å²) in [5.74, 6) is -0.250. The first kappa shape index (κ1) is 23.4. The third-order valence-electron chi connectivity index (χ3n) is 5.30. The molecule has 2 unspecified atom stereocenters. The van der Waals surface area contributed by atoms with Gasteiger partial charge < -0.3 is 16.1 Å². The third-order valence-corrected chi connectivity index (χ3v) is 5.30. The third kappa shape index (κ3) is 7.18. The molecular weight excluding hydrogens is 405 g/mol. The number of halogens is 1. The Morgan fingerprint density at radius 2 is 1.97 bits per heavy atom. The van der Waals surface area contributed by atoms with E-state index in [0.717, 1.165) is 48.7 Å². The number of aliphatic imine (C=N–C) groups is 2. The summed E-state index contributed by atoms with van der Waals surface area (Å²) < 4.78 is 13.2. The average molecular weight is 438 g/mol. The molecule has 0 amide bonds. The molecule has 0 saturated carbocycles. The van der Waals surface area contributed by atoms with E-state index in [1.165, 1.54) is 12.1 Å². The largest absolute Gasteiger partial charge is 0.377 e. The maximum absolute atomic E-state index is 13.2. The topological polar surface area (TPSA) is 76.1 Å². The molecule has 4 N–H and O–H groups in total. The highest BCUT2D eigenvalue weighted by Gasteiger charge is 2.21. The summed E-state index contributed by atoms with van der Waals surface area (Å²) in [5, 5.41) is 6.64. The van der Waals surface area contributed by atoms with Crippen LogP contribution in [0.15, 0.2) is 82.6 Å². The molecule has 2 aliphatic heterocycles. The number of benzene rings is 1. The average Bonchev–Trinajstić information content (AvgIpc) is 2.74. The molecule has 2 atom stereocenters. The minimum absolute atomic E-state index is 0.0158. The summed E-state index contributed by atoms with van der Waals surface area (Å²) in [6.45, 7) is 10.4. The molecule has 2 aliphatic rings. The summed E-state index contributed by atoms with van der Waals surface area (Å²) in [6.07, 6.45) is 12.1. The van der Waals surface area contributed by atoms with Crippen LogP contribution in [0.4, 0.5) is 10.1 Å². The van der Waals surface area contributed by atoms with Gasteiger partial charge in [-0.05, 0) is 49.8 Å². The summed E-state index contributed by atoms with van der Waals surface area (Å²) in [4.78, 5) is 11.4. The van der Waals surface area contributed by atoms with Gasteiger partial charge in [0.1, 0.15) is 5.82 Å². The second kappa shape index (κ2) is 12.0. The van der Waals surface area contributed by atoms with Crippen LogP contribution in [0.5, 0.6) is 0 Å². The number of anilines is 1. The normalized spacial score (nSPS) is 25.2. The van der Waals surface area contributed by atoms with Crippen molar-refractivity contribution in [3.63, 3.8) is 0 Å². The number of hydrazine groups is 1. The fourth-order valence-corrected chi connectivity index (χ4v) is 3.25. The second-order valence-electron chi connectivity index (χ2n) is 7.70. The zero-order valence-electron chi connectivity index (χ0n) is 18.7. The van der Waals surface area contributed by atoms with Gasteiger partial charge in [-0.3, -0.25) is 9.89 Å². The lowest BCUT2D eigenvalue weighted by Crippen LogP contribution is -2.53. The Morgan fingerprint density at radius 1 is 1.19 bits per heavy atom. The molecule has 0 spiro atoms. The molecule has 2 heterocycles. The van der Waals surface area contributed by atoms with Gasteiger partial charge in [-0.15, -0.1) is 0 Å². The van der Waals surface area contributed by atoms with Gasteiger partial charge >= 0.3 is 0 Å². The number of hydrogen-bond acceptors (Lipinski definition) is 7. The van der Waals surface area contributed by atoms with Crippen molar-refractivity contribution in [2.24, 2.45) is 9.98 Å². The highest BCUT2D eigenvalue weighted by atomic mass is 19.1. The van der Waals surface area contributed by atoms with E-state index in [-0.39, 0.29) is 18.1 Å². The number of allylic oxidation sites excluding steroid dienone is 5. The van der Waals surface area contributed by atoms with Gasteiger partial charge in [-0.2, -0.15) is 0 Å². The fraction of sp³-hybridized carbons (Fsp3) is 0.333. The smallest absolute Gasteiger partial charge is 0.178 e. The molecule has 0 fully saturated rings. The first-order chi connectivity index (χ1) is 15.5. The van der Waals surface area contributed by atoms with Crippen LogP contribution in [0, 0.1) is 5.82 Å². The summed E-state index contributed by atoms with van der Waals surface area (Å²) in [7, 11) is 0. The van der Waals surface area contributed by atoms with Gasteiger partial charge in [0.25, 0.3) is 0 Å². The Labute approximate surface area is 189 Å². The maximum atomic E-state index is 13.2. The van der Waals surface area contributed by atoms with Crippen molar-refractivity contribution in [3.05, 3.63) is 78.4 Å². The van der Waals surface area contributed by atoms with Crippen LogP contribution >= 0.6 is 0 Å². The molecule has 1 aromatic rings. The van der Waals surface area contributed by atoms with E-state index in [4.69, 9.17) is 4.99 Å². The summed E-state index contributed by atoms with van der Waals surface area (Å²) in [5.41, 5.74) is 10.1. The molecule has 3 rings (SSSR count). The quantitative estimate of drug-likeness (QED) is 0.582. The number of hydrogen-bond donors (Lipinski definition) is 4. The molecule has 0 aliphatic carbocycles. The van der Waals surface area contributed by atoms with Gasteiger partial charge in [-0.1, -0.05) is 24.8 Å². The number of nitrogens with one attached hydrogen (secondary N) is 4. The van der Waals surface area contributed by atoms with E-state index in [0.29, 0.717) is 0 Å². The molecule has 170 valence electrons. The SMILES string of the molecule is C=C1NNCCN(C2N=CN2)CCC(C(C)Nc2ccc(F)cc2)=N/C=C/C=C\C=C\1C. The van der Waals surface area contributed by atoms with Crippen LogP contribution in [-0.2, 0) is 0 Å². The minimum atomic E-state index is -0.250. The molecule has 0 bridgehead atoms. The van der Waals surface area contributed by atoms with Gasteiger partial charge in [0.05, 0.1) is 12.4 Å². The van der Waals surface area contributed by atoms with Gasteiger partial charge in [0.2, 0.25) is 0 Å². The predicted octanol–water partition coefficient (Wildman–Crippen LogP) is 3.31. The molecular formula is C24H32FN7. The molecule has 32 heavy (non-hydrogen) atoms. The Balaban J connectivity index is 1.76. The Bertz CT molecular complexity index is 915. The lowest BCUT2D eigenvalue weighted by molar-refractivity contribution is 0.179. The van der Waals surface area contributed by atoms with Crippen LogP contribution in [0.2, 0.25) is 0 Å². The van der Waals surface area contributed by atoms with Crippen molar-refractivity contribution in [1.82, 2.24) is 21.1 Å². The standard InChI is InChI=1S/C24H32FN7/c1-18-7-5-4-6-13-26-23(20(3)30-22-10-8-21(25)9-11-22)12-15-32(24-27-17-28-24)16-14-29-31-19(18)2/h4-11,13,17,20,24,29-31H,2,12,14-16H2,1,3H3,(H,27,28)/b5-4-,13-6+,18-7+,26-23?. The number of nitrogens with zero attached hydrogens (tertiary/aromatic N) is 3. The van der Waals surface area contributed by atoms with Gasteiger partial charge in [-0.25, -0.2) is 14.8 Å². The van der Waals surface area contributed by atoms with E-state index < -0.39 is 0 Å². The van der Waals surface area contributed by atoms with E-state index in [9.17, 15) is 4.39 Å². The van der Waals surface area contributed by atoms with Crippen molar-refractivity contribution in [3.8, 4) is 0 Å². The van der Waals surface area contributed by atoms with E-state index >= 15 is 0 Å². The van der Waals surface area contributed by atoms with Crippen LogP contribution in [0.1, 0.15) is 20.3 Å². The van der Waals surface area contributed by atoms with Crippen LogP contribution in [-0.4, -0.2) is 48.9 Å². The molecule has 8 heteroatoms. The second-order valence-corrected chi connectivity index (χ2v) is 7.70. The van der Waals surface area contributed by atoms with E-state index in [1.807, 2.05) is 37.4 Å². The zero-order chi connectivity index (χ0) is 22.8. The van der Waals surface area contributed by atoms with Crippen LogP contribution in [0.3, 0.4) is 0 Å². The van der Waals surface area contributed by atoms with Crippen molar-refractivity contribution in [1.29, 1.82) is 0 Å². The Morgan fingerprint density at radius 3 is 2.69 bits per heavy atom. The number of rotatable bonds is 4. The van der Waals surface area contributed by atoms with Gasteiger partial charge in [0, 0.05) is 49.4 Å². The van der Waals surface area contributed by atoms with Gasteiger partial charge in [0.15, 0.2) is 6.29 Å². The highest BCUT2D eigenvalue weighted by molar-refractivity contribution is 5.92. The molecule has 0 saturated heterocycles. The zero-order valence-corrected chi connectivity index (χ0v) is 18.7. The first-order valence-corrected chi connectivity index (χ1v) is 10.8. The summed E-state index contributed by atoms with van der Waals surface area (Å²) >= 11 is 0. The van der Waals surface area contributed by atoms with Crippen LogP contribution in [0.25, 0.3) is 0 Å². The summed E-state index contributed by atoms with van der Waals surface area (Å²) in [6, 6.07) is 6.36. The monoisotopic (exact) mass is 437 g/mol. The fourth-order valence-electron chi connectivity index (χ4n) is 3.25. The predicted molar refractivity (Wildman–Crippen MR) is 131 cm³/mol. The Hall–Kier alpha value is -3.23. The minimum Gasteiger partial charge on any atom is -0.377 e. The van der Waals surface area contributed by atoms with E-state index in [2.05, 4.69) is 44.9 Å². The molecule has 7 nitrogen and oxygen atoms in total. The van der Waals surface area contributed by atoms with Crippen molar-refractivity contribution >= 4 is 17.7 Å². The maximum Gasteiger partial charge on any atom is 0.178 e. The van der Waals surface area contributed by atoms with Crippen molar-refractivity contribution in [2.75, 3.05) is 25.0 Å². The lowest BCUT2D eigenvalue weighted by atomic mass is 10.1. The van der Waals surface area contributed by atoms with Crippen LogP contribution < -0.4 is 21.5 Å². The highest BCUT2D eigenvalue weighted by Crippen LogP contribution is 2.13. The lowest BCUT2D eigenvalue weighted by Gasteiger charge is -2.33. The molecule has 0 radical (unpaired) electrons. The van der Waals surface area contributed by atoms with E-state index in [1.54, 1.807) is 18.5 Å². The molecule has 1 aromatic carbocycles. The molecule has 0 aromatic heterocycles.